The van der Waals surface area contributed by atoms with E-state index in [0.29, 0.717) is 6.61 Å². The highest BCUT2D eigenvalue weighted by atomic mass is 32.2. The highest BCUT2D eigenvalue weighted by molar-refractivity contribution is 8.00. The molecule has 1 rings (SSSR count). The molecule has 0 unspecified atom stereocenters. The lowest BCUT2D eigenvalue weighted by Crippen LogP contribution is -2.46. The minimum Gasteiger partial charge on any atom is -0.494 e. The number of hydrogen-bond acceptors (Lipinski definition) is 4. The predicted molar refractivity (Wildman–Crippen MR) is 78.7 cm³/mol. The second kappa shape index (κ2) is 7.40. The fourth-order valence-corrected chi connectivity index (χ4v) is 2.56. The van der Waals surface area contributed by atoms with Crippen LogP contribution < -0.4 is 10.5 Å². The zero-order valence-electron chi connectivity index (χ0n) is 11.3. The highest BCUT2D eigenvalue weighted by Gasteiger charge is 2.32. The van der Waals surface area contributed by atoms with Gasteiger partial charge in [-0.15, -0.1) is 0 Å². The number of thioether (sulfide) groups is 1. The third-order valence-electron chi connectivity index (χ3n) is 2.79. The summed E-state index contributed by atoms with van der Waals surface area (Å²) in [6.07, 6.45) is 0.856. The van der Waals surface area contributed by atoms with Gasteiger partial charge in [0.25, 0.3) is 0 Å². The number of para-hydroxylation sites is 1. The van der Waals surface area contributed by atoms with E-state index in [4.69, 9.17) is 15.6 Å². The van der Waals surface area contributed by atoms with Gasteiger partial charge in [0.15, 0.2) is 0 Å². The Morgan fingerprint density at radius 3 is 2.63 bits per heavy atom. The Bertz CT molecular complexity index is 395. The van der Waals surface area contributed by atoms with Crippen LogP contribution in [-0.4, -0.2) is 34.2 Å². The van der Waals surface area contributed by atoms with E-state index in [1.54, 1.807) is 11.8 Å². The fraction of sp³-hybridized carbons (Fsp3) is 0.500. The zero-order chi connectivity index (χ0) is 14.3. The number of hydrogen-bond donors (Lipinski definition) is 2. The van der Waals surface area contributed by atoms with Gasteiger partial charge in [-0.2, -0.15) is 11.8 Å². The van der Waals surface area contributed by atoms with Crippen molar-refractivity contribution >= 4 is 17.7 Å². The first-order chi connectivity index (χ1) is 8.93. The van der Waals surface area contributed by atoms with Gasteiger partial charge in [0.1, 0.15) is 11.8 Å². The number of ether oxygens (including phenoxy) is 1. The molecule has 19 heavy (non-hydrogen) atoms. The molecule has 0 spiro atoms. The zero-order valence-corrected chi connectivity index (χ0v) is 12.2. The van der Waals surface area contributed by atoms with Crippen LogP contribution in [0.5, 0.6) is 5.75 Å². The van der Waals surface area contributed by atoms with Crippen molar-refractivity contribution < 1.29 is 14.6 Å². The largest absolute Gasteiger partial charge is 0.494 e. The Morgan fingerprint density at radius 2 is 2.05 bits per heavy atom. The number of benzene rings is 1. The first-order valence-electron chi connectivity index (χ1n) is 6.23. The van der Waals surface area contributed by atoms with E-state index in [1.165, 1.54) is 0 Å². The van der Waals surface area contributed by atoms with Crippen molar-refractivity contribution in [2.45, 2.75) is 31.1 Å². The van der Waals surface area contributed by atoms with Crippen LogP contribution in [0.15, 0.2) is 30.3 Å². The molecule has 0 aliphatic rings. The average molecular weight is 283 g/mol. The van der Waals surface area contributed by atoms with E-state index < -0.39 is 16.8 Å². The second-order valence-corrected chi connectivity index (χ2v) is 6.53. The number of aliphatic carboxylic acids is 1. The molecule has 0 aliphatic heterocycles. The van der Waals surface area contributed by atoms with Crippen LogP contribution in [0.2, 0.25) is 0 Å². The molecule has 3 N–H and O–H groups in total. The van der Waals surface area contributed by atoms with Gasteiger partial charge in [-0.05, 0) is 38.2 Å². The first-order valence-corrected chi connectivity index (χ1v) is 7.22. The standard InChI is InChI=1S/C14H21NO3S/c1-14(2,12(15)13(16)17)19-10-6-9-18-11-7-4-3-5-8-11/h3-5,7-8,12H,6,9-10,15H2,1-2H3,(H,16,17)/t12-/m1/s1. The van der Waals surface area contributed by atoms with Crippen molar-refractivity contribution in [3.05, 3.63) is 30.3 Å². The van der Waals surface area contributed by atoms with Crippen molar-refractivity contribution in [3.63, 3.8) is 0 Å². The average Bonchev–Trinajstić information content (AvgIpc) is 2.38. The Hall–Kier alpha value is -1.20. The van der Waals surface area contributed by atoms with E-state index in [-0.39, 0.29) is 0 Å². The summed E-state index contributed by atoms with van der Waals surface area (Å²) in [6.45, 7) is 4.33. The van der Waals surface area contributed by atoms with Gasteiger partial charge in [0, 0.05) is 4.75 Å². The molecular formula is C14H21NO3S. The summed E-state index contributed by atoms with van der Waals surface area (Å²) in [5.74, 6) is 0.716. The molecule has 0 amide bonds. The minimum atomic E-state index is -0.960. The van der Waals surface area contributed by atoms with Crippen LogP contribution in [0.4, 0.5) is 0 Å². The Kier molecular flexibility index (Phi) is 6.18. The summed E-state index contributed by atoms with van der Waals surface area (Å²) in [5.41, 5.74) is 5.65. The van der Waals surface area contributed by atoms with Gasteiger partial charge >= 0.3 is 5.97 Å². The van der Waals surface area contributed by atoms with Crippen LogP contribution in [0.1, 0.15) is 20.3 Å². The van der Waals surface area contributed by atoms with Gasteiger partial charge in [0.05, 0.1) is 6.61 Å². The summed E-state index contributed by atoms with van der Waals surface area (Å²) in [4.78, 5) is 10.9. The fourth-order valence-electron chi connectivity index (χ4n) is 1.49. The maximum absolute atomic E-state index is 10.9. The molecule has 0 saturated heterocycles. The van der Waals surface area contributed by atoms with Crippen LogP contribution in [0, 0.1) is 0 Å². The van der Waals surface area contributed by atoms with Gasteiger partial charge in [-0.3, -0.25) is 4.79 Å². The van der Waals surface area contributed by atoms with Crippen molar-refractivity contribution in [3.8, 4) is 5.75 Å². The second-order valence-electron chi connectivity index (χ2n) is 4.78. The molecule has 0 bridgehead atoms. The van der Waals surface area contributed by atoms with Crippen molar-refractivity contribution in [1.29, 1.82) is 0 Å². The summed E-state index contributed by atoms with van der Waals surface area (Å²) in [5, 5.41) is 8.91. The molecule has 1 aromatic rings. The monoisotopic (exact) mass is 283 g/mol. The molecule has 1 atom stereocenters. The molecule has 0 heterocycles. The lowest BCUT2D eigenvalue weighted by Gasteiger charge is -2.27. The van der Waals surface area contributed by atoms with E-state index in [1.807, 2.05) is 44.2 Å². The molecule has 0 saturated carbocycles. The molecule has 1 aromatic carbocycles. The molecule has 0 aliphatic carbocycles. The molecule has 0 fully saturated rings. The Morgan fingerprint density at radius 1 is 1.42 bits per heavy atom. The molecule has 5 heteroatoms. The number of carbonyl (C=O) groups is 1. The molecule has 0 aromatic heterocycles. The van der Waals surface area contributed by atoms with Crippen molar-refractivity contribution in [2.24, 2.45) is 5.73 Å². The van der Waals surface area contributed by atoms with E-state index >= 15 is 0 Å². The first kappa shape index (κ1) is 15.9. The van der Waals surface area contributed by atoms with Gasteiger partial charge in [-0.1, -0.05) is 18.2 Å². The third-order valence-corrected chi connectivity index (χ3v) is 4.28. The summed E-state index contributed by atoms with van der Waals surface area (Å²) >= 11 is 1.56. The molecule has 4 nitrogen and oxygen atoms in total. The predicted octanol–water partition coefficient (Wildman–Crippen LogP) is 2.38. The highest BCUT2D eigenvalue weighted by Crippen LogP contribution is 2.28. The maximum atomic E-state index is 10.9. The third kappa shape index (κ3) is 5.53. The van der Waals surface area contributed by atoms with Crippen LogP contribution in [0.3, 0.4) is 0 Å². The van der Waals surface area contributed by atoms with Crippen molar-refractivity contribution in [1.82, 2.24) is 0 Å². The Balaban J connectivity index is 2.22. The minimum absolute atomic E-state index is 0.474. The van der Waals surface area contributed by atoms with Crippen LogP contribution in [0.25, 0.3) is 0 Å². The maximum Gasteiger partial charge on any atom is 0.321 e. The number of nitrogens with two attached hydrogens (primary N) is 1. The van der Waals surface area contributed by atoms with Crippen molar-refractivity contribution in [2.75, 3.05) is 12.4 Å². The normalized spacial score (nSPS) is 13.0. The van der Waals surface area contributed by atoms with Crippen LogP contribution >= 0.6 is 11.8 Å². The van der Waals surface area contributed by atoms with Gasteiger partial charge < -0.3 is 15.6 Å². The van der Waals surface area contributed by atoms with E-state index in [9.17, 15) is 4.79 Å². The number of carboxylic acids is 1. The smallest absolute Gasteiger partial charge is 0.321 e. The lowest BCUT2D eigenvalue weighted by atomic mass is 10.1. The number of carboxylic acid groups (broad SMARTS) is 1. The van der Waals surface area contributed by atoms with E-state index in [0.717, 1.165) is 17.9 Å². The molecule has 106 valence electrons. The summed E-state index contributed by atoms with van der Waals surface area (Å²) in [6, 6.07) is 8.78. The SMILES string of the molecule is CC(C)(SCCCOc1ccccc1)[C@H](N)C(=O)O. The summed E-state index contributed by atoms with van der Waals surface area (Å²) in [7, 11) is 0. The number of rotatable bonds is 8. The Labute approximate surface area is 118 Å². The van der Waals surface area contributed by atoms with E-state index in [2.05, 4.69) is 0 Å². The van der Waals surface area contributed by atoms with Gasteiger partial charge in [0.2, 0.25) is 0 Å². The van der Waals surface area contributed by atoms with Gasteiger partial charge in [-0.25, -0.2) is 0 Å². The molecule has 0 radical (unpaired) electrons. The summed E-state index contributed by atoms with van der Waals surface area (Å²) < 4.78 is 5.09. The topological polar surface area (TPSA) is 72.5 Å². The lowest BCUT2D eigenvalue weighted by molar-refractivity contribution is -0.139. The van der Waals surface area contributed by atoms with Crippen LogP contribution in [-0.2, 0) is 4.79 Å². The quantitative estimate of drug-likeness (QED) is 0.717. The molecular weight excluding hydrogens is 262 g/mol.